The van der Waals surface area contributed by atoms with Crippen LogP contribution < -0.4 is 0 Å². The van der Waals surface area contributed by atoms with E-state index in [0.29, 0.717) is 0 Å². The minimum Gasteiger partial charge on any atom is -0.295 e. The molecular formula is C42H19F36N. The highest BCUT2D eigenvalue weighted by Gasteiger charge is 2.66. The molecule has 0 spiro atoms. The van der Waals surface area contributed by atoms with Crippen LogP contribution in [0.25, 0.3) is 0 Å². The lowest BCUT2D eigenvalue weighted by Crippen LogP contribution is -2.52. The van der Waals surface area contributed by atoms with Gasteiger partial charge >= 0.3 is 74.1 Å². The normalized spacial score (nSPS) is 15.1. The Bertz CT molecular complexity index is 2520. The summed E-state index contributed by atoms with van der Waals surface area (Å²) in [6.07, 6.45) is -89.9. The lowest BCUT2D eigenvalue weighted by molar-refractivity contribution is -0.157. The third kappa shape index (κ3) is 12.9. The van der Waals surface area contributed by atoms with Crippen molar-refractivity contribution in [1.82, 2.24) is 4.90 Å². The van der Waals surface area contributed by atoms with Crippen LogP contribution in [-0.4, -0.2) is 18.0 Å². The highest BCUT2D eigenvalue weighted by Crippen LogP contribution is 2.67. The first-order chi connectivity index (χ1) is 34.7. The molecule has 0 N–H and O–H groups in total. The summed E-state index contributed by atoms with van der Waals surface area (Å²) < 4.78 is 552. The average molecular weight is 1220 g/mol. The van der Waals surface area contributed by atoms with Gasteiger partial charge in [0, 0.05) is 0 Å². The molecule has 1 nitrogen and oxygen atoms in total. The molecule has 1 unspecified atom stereocenters. The molecule has 1 atom stereocenters. The SMILES string of the molecule is CCN(CC)C(c1c(C(F)(F)F)cc(C(F)(F)F)cc1C(F)(F)F)C(c1c(C(F)(F)F)cc(C(F)(F)F)cc1C(F)(F)F)(c1c(C(F)(F)F)cc(C(F)(F)F)cc1C(F)(F)F)c1c(C(F)(F)F)cc(C(F)(F)F)cc1C(F)(F)F. The maximum absolute atomic E-state index is 15.9. The smallest absolute Gasteiger partial charge is 0.295 e. The van der Waals surface area contributed by atoms with Gasteiger partial charge in [-0.1, -0.05) is 13.8 Å². The van der Waals surface area contributed by atoms with Gasteiger partial charge in [-0.3, -0.25) is 4.90 Å². The van der Waals surface area contributed by atoms with Gasteiger partial charge in [0.2, 0.25) is 0 Å². The second kappa shape index (κ2) is 19.8. The number of benzene rings is 4. The average Bonchev–Trinajstić information content (AvgIpc) is 3.21. The first kappa shape index (κ1) is 65.8. The molecule has 4 rings (SSSR count). The third-order valence-electron chi connectivity index (χ3n) is 11.4. The number of rotatable bonds is 8. The predicted octanol–water partition coefficient (Wildman–Crippen LogP) is 19.3. The molecule has 0 aliphatic carbocycles. The molecule has 0 radical (unpaired) electrons. The van der Waals surface area contributed by atoms with Gasteiger partial charge in [-0.2, -0.15) is 158 Å². The molecule has 0 fully saturated rings. The van der Waals surface area contributed by atoms with Gasteiger partial charge in [-0.15, -0.1) is 0 Å². The van der Waals surface area contributed by atoms with Gasteiger partial charge in [-0.05, 0) is 83.9 Å². The maximum atomic E-state index is 15.9. The first-order valence-electron chi connectivity index (χ1n) is 20.1. The standard InChI is InChI=1S/C42H19F36N/c1-3-79(4-2)29(25-17(35(55,56)57)5-13(31(43,44)45)6-18(25)36(58,59)60)30(26-19(37(61,62)63)7-14(32(46,47)48)8-20(26)38(64,65)66,27-21(39(67,68)69)9-15(33(49,50)51)10-22(27)40(70,71)72)28-23(41(73,74)75)11-16(34(52,53)54)12-24(28)42(76,77)78/h5-12,29H,3-4H2,1-2H3. The van der Waals surface area contributed by atoms with Crippen molar-refractivity contribution >= 4 is 0 Å². The molecule has 0 amide bonds. The van der Waals surface area contributed by atoms with Crippen molar-refractivity contribution in [2.45, 2.75) is 99.4 Å². The molecule has 0 aliphatic rings. The van der Waals surface area contributed by atoms with Crippen LogP contribution in [0.2, 0.25) is 0 Å². The first-order valence-corrected chi connectivity index (χ1v) is 20.1. The molecule has 444 valence electrons. The second-order valence-electron chi connectivity index (χ2n) is 16.2. The molecule has 0 aliphatic heterocycles. The van der Waals surface area contributed by atoms with Crippen LogP contribution in [-0.2, 0) is 79.5 Å². The fourth-order valence-electron chi connectivity index (χ4n) is 8.66. The molecule has 0 aromatic heterocycles. The quantitative estimate of drug-likeness (QED) is 0.126. The monoisotopic (exact) mass is 1220 g/mol. The van der Waals surface area contributed by atoms with Gasteiger partial charge in [0.15, 0.2) is 0 Å². The van der Waals surface area contributed by atoms with E-state index in [-0.39, 0.29) is 13.8 Å². The summed E-state index contributed by atoms with van der Waals surface area (Å²) in [5.41, 5.74) is -76.8. The fraction of sp³-hybridized carbons (Fsp3) is 0.429. The zero-order valence-electron chi connectivity index (χ0n) is 37.2. The van der Waals surface area contributed by atoms with Crippen LogP contribution in [0, 0.1) is 0 Å². The minimum atomic E-state index is -7.86. The van der Waals surface area contributed by atoms with Crippen LogP contribution in [0.3, 0.4) is 0 Å². The Kier molecular flexibility index (Phi) is 16.5. The van der Waals surface area contributed by atoms with Crippen molar-refractivity contribution in [3.05, 3.63) is 138 Å². The number of hydrogen-bond donors (Lipinski definition) is 0. The van der Waals surface area contributed by atoms with E-state index in [1.807, 2.05) is 0 Å². The minimum absolute atomic E-state index is 0.0435. The Labute approximate surface area is 413 Å². The molecular weight excluding hydrogens is 1200 g/mol. The van der Waals surface area contributed by atoms with E-state index in [4.69, 9.17) is 0 Å². The second-order valence-corrected chi connectivity index (χ2v) is 16.2. The molecule has 79 heavy (non-hydrogen) atoms. The summed E-state index contributed by atoms with van der Waals surface area (Å²) in [5.74, 6) is 0. The number of halogens is 36. The molecule has 37 heteroatoms. The number of hydrogen-bond acceptors (Lipinski definition) is 1. The Morgan fingerprint density at radius 1 is 0.253 bits per heavy atom. The largest absolute Gasteiger partial charge is 0.416 e. The van der Waals surface area contributed by atoms with Crippen molar-refractivity contribution in [3.63, 3.8) is 0 Å². The summed E-state index contributed by atoms with van der Waals surface area (Å²) in [6.45, 7) is -4.71. The van der Waals surface area contributed by atoms with Gasteiger partial charge < -0.3 is 0 Å². The van der Waals surface area contributed by atoms with E-state index in [1.165, 1.54) is 0 Å². The van der Waals surface area contributed by atoms with E-state index in [1.54, 1.807) is 0 Å². The van der Waals surface area contributed by atoms with Crippen LogP contribution >= 0.6 is 0 Å². The maximum Gasteiger partial charge on any atom is 0.416 e. The van der Waals surface area contributed by atoms with E-state index in [9.17, 15) is 52.7 Å². The molecule has 0 saturated carbocycles. The van der Waals surface area contributed by atoms with Crippen molar-refractivity contribution in [1.29, 1.82) is 0 Å². The van der Waals surface area contributed by atoms with Gasteiger partial charge in [0.25, 0.3) is 0 Å². The molecule has 0 bridgehead atoms. The molecule has 4 aromatic carbocycles. The van der Waals surface area contributed by atoms with Crippen molar-refractivity contribution in [2.75, 3.05) is 13.1 Å². The van der Waals surface area contributed by atoms with E-state index in [0.717, 1.165) is 0 Å². The van der Waals surface area contributed by atoms with Crippen LogP contribution in [0.1, 0.15) is 109 Å². The van der Waals surface area contributed by atoms with E-state index < -0.39 is 241 Å². The zero-order chi connectivity index (χ0) is 62.0. The molecule has 0 heterocycles. The zero-order valence-corrected chi connectivity index (χ0v) is 37.2. The Balaban J connectivity index is 3.21. The van der Waals surface area contributed by atoms with Crippen LogP contribution in [0.15, 0.2) is 48.5 Å². The van der Waals surface area contributed by atoms with Gasteiger partial charge in [0.05, 0.1) is 78.2 Å². The summed E-state index contributed by atoms with van der Waals surface area (Å²) >= 11 is 0. The number of alkyl halides is 36. The molecule has 4 aromatic rings. The Morgan fingerprint density at radius 3 is 0.532 bits per heavy atom. The van der Waals surface area contributed by atoms with Crippen LogP contribution in [0.4, 0.5) is 158 Å². The van der Waals surface area contributed by atoms with Gasteiger partial charge in [0.1, 0.15) is 0 Å². The lowest BCUT2D eigenvalue weighted by Gasteiger charge is -2.52. The summed E-state index contributed by atoms with van der Waals surface area (Å²) in [6, 6.07) is -22.1. The summed E-state index contributed by atoms with van der Waals surface area (Å²) in [5, 5.41) is 0. The highest BCUT2D eigenvalue weighted by molar-refractivity contribution is 5.70. The van der Waals surface area contributed by atoms with Crippen molar-refractivity contribution in [3.8, 4) is 0 Å². The number of nitrogens with zero attached hydrogens (tertiary/aromatic N) is 1. The lowest BCUT2D eigenvalue weighted by atomic mass is 9.55. The Hall–Kier alpha value is -5.68. The number of likely N-dealkylation sites (N-methyl/N-ethyl adjacent to an activating group) is 1. The Morgan fingerprint density at radius 2 is 0.405 bits per heavy atom. The third-order valence-corrected chi connectivity index (χ3v) is 11.4. The predicted molar refractivity (Wildman–Crippen MR) is 191 cm³/mol. The van der Waals surface area contributed by atoms with E-state index in [2.05, 4.69) is 0 Å². The van der Waals surface area contributed by atoms with Crippen LogP contribution in [0.5, 0.6) is 0 Å². The van der Waals surface area contributed by atoms with Crippen molar-refractivity contribution in [2.24, 2.45) is 0 Å². The fourth-order valence-corrected chi connectivity index (χ4v) is 8.66. The summed E-state index contributed by atoms with van der Waals surface area (Å²) in [7, 11) is 0. The summed E-state index contributed by atoms with van der Waals surface area (Å²) in [4.78, 5) is -1.17. The van der Waals surface area contributed by atoms with E-state index >= 15 is 105 Å². The topological polar surface area (TPSA) is 3.24 Å². The van der Waals surface area contributed by atoms with Crippen molar-refractivity contribution < 1.29 is 158 Å². The van der Waals surface area contributed by atoms with Gasteiger partial charge in [-0.25, -0.2) is 0 Å². The molecule has 0 saturated heterocycles. The highest BCUT2D eigenvalue weighted by atomic mass is 19.5.